The van der Waals surface area contributed by atoms with Crippen LogP contribution in [0, 0.1) is 0 Å². The molecule has 0 N–H and O–H groups in total. The van der Waals surface area contributed by atoms with E-state index in [0.717, 1.165) is 34.4 Å². The van der Waals surface area contributed by atoms with Crippen molar-refractivity contribution in [3.05, 3.63) is 234 Å². The number of ether oxygens (including phenoxy) is 1. The maximum absolute atomic E-state index is 6.70. The topological polar surface area (TPSA) is 27.3 Å². The Morgan fingerprint density at radius 3 is 1.91 bits per heavy atom. The Bertz CT molecular complexity index is 3900. The van der Waals surface area contributed by atoms with Crippen LogP contribution in [0.1, 0.15) is 34.9 Å². The molecule has 3 atom stereocenters. The van der Waals surface area contributed by atoms with Gasteiger partial charge >= 0.3 is 0 Å². The summed E-state index contributed by atoms with van der Waals surface area (Å²) >= 11 is 0. The fraction of sp³-hybridized carbons (Fsp3) is 0.0645. The first-order valence-corrected chi connectivity index (χ1v) is 22.8. The molecule has 2 aliphatic carbocycles. The third kappa shape index (κ3) is 5.49. The van der Waals surface area contributed by atoms with Gasteiger partial charge in [-0.1, -0.05) is 182 Å². The van der Waals surface area contributed by atoms with Crippen LogP contribution in [0.5, 0.6) is 5.75 Å². The average Bonchev–Trinajstić information content (AvgIpc) is 4.05. The molecule has 14 rings (SSSR count). The molecule has 11 aromatic rings. The zero-order valence-corrected chi connectivity index (χ0v) is 35.5. The number of rotatable bonds is 5. The van der Waals surface area contributed by atoms with Gasteiger partial charge in [0.05, 0.1) is 5.52 Å². The van der Waals surface area contributed by atoms with E-state index in [2.05, 4.69) is 223 Å². The number of hydrogen-bond donors (Lipinski definition) is 0. The van der Waals surface area contributed by atoms with Crippen LogP contribution in [0.3, 0.4) is 0 Å². The van der Waals surface area contributed by atoms with Crippen LogP contribution in [0.25, 0.3) is 100 Å². The van der Waals surface area contributed by atoms with E-state index in [4.69, 9.17) is 9.15 Å². The summed E-state index contributed by atoms with van der Waals surface area (Å²) < 4.78 is 15.8. The second-order valence-corrected chi connectivity index (χ2v) is 17.8. The first-order chi connectivity index (χ1) is 32.2. The number of benzene rings is 9. The van der Waals surface area contributed by atoms with Crippen molar-refractivity contribution in [3.63, 3.8) is 0 Å². The van der Waals surface area contributed by atoms with E-state index in [9.17, 15) is 0 Å². The molecular formula is C62H41NO2. The molecule has 0 spiro atoms. The molecule has 0 bridgehead atoms. The standard InChI is InChI=1S/C62H41NO2/c1-2-14-38(15-3-1)59-47-18-4-6-20-49(47)60(50-21-7-5-19-48(50)59)39-28-32-42(33-29-39)63-55-34-30-40(43-22-12-24-51-45-16-8-10-26-57(45)64-61(43)51)36-53(55)54-37-41(31-35-56(54)63)44-23-13-25-52-46-17-9-11-27-58(46)65-62(44)52/h1-30,32-37,41,51,61H,31H2. The largest absolute Gasteiger partial charge is 0.484 e. The third-order valence-corrected chi connectivity index (χ3v) is 14.3. The molecule has 3 unspecified atom stereocenters. The van der Waals surface area contributed by atoms with Gasteiger partial charge in [-0.25, -0.2) is 0 Å². The zero-order valence-electron chi connectivity index (χ0n) is 35.5. The summed E-state index contributed by atoms with van der Waals surface area (Å²) in [6.45, 7) is 0. The molecule has 0 saturated carbocycles. The number of allylic oxidation sites excluding steroid dienone is 2. The molecule has 3 nitrogen and oxygen atoms in total. The highest BCUT2D eigenvalue weighted by Gasteiger charge is 2.37. The maximum Gasteiger partial charge on any atom is 0.139 e. The Hall–Kier alpha value is -8.14. The first-order valence-electron chi connectivity index (χ1n) is 22.8. The quantitative estimate of drug-likeness (QED) is 0.162. The number of aromatic nitrogens is 1. The summed E-state index contributed by atoms with van der Waals surface area (Å²) in [6, 6.07) is 68.4. The normalized spacial score (nSPS) is 17.4. The molecule has 2 aromatic heterocycles. The molecule has 1 aliphatic heterocycles. The second kappa shape index (κ2) is 14.2. The predicted octanol–water partition coefficient (Wildman–Crippen LogP) is 14.4. The molecule has 0 amide bonds. The van der Waals surface area contributed by atoms with E-state index in [1.807, 2.05) is 0 Å². The van der Waals surface area contributed by atoms with Crippen molar-refractivity contribution < 1.29 is 9.15 Å². The van der Waals surface area contributed by atoms with E-state index >= 15 is 0 Å². The lowest BCUT2D eigenvalue weighted by molar-refractivity contribution is 0.278. The van der Waals surface area contributed by atoms with Gasteiger partial charge in [0.1, 0.15) is 23.0 Å². The minimum atomic E-state index is -0.0665. The van der Waals surface area contributed by atoms with E-state index in [1.54, 1.807) is 0 Å². The molecule has 9 aromatic carbocycles. The van der Waals surface area contributed by atoms with Gasteiger partial charge in [-0.2, -0.15) is 0 Å². The summed E-state index contributed by atoms with van der Waals surface area (Å²) in [5, 5.41) is 11.1. The van der Waals surface area contributed by atoms with Crippen molar-refractivity contribution in [2.75, 3.05) is 0 Å². The lowest BCUT2D eigenvalue weighted by atomic mass is 9.84. The minimum Gasteiger partial charge on any atom is -0.484 e. The Morgan fingerprint density at radius 2 is 1.14 bits per heavy atom. The van der Waals surface area contributed by atoms with Crippen LogP contribution in [0.4, 0.5) is 0 Å². The highest BCUT2D eigenvalue weighted by molar-refractivity contribution is 6.21. The van der Waals surface area contributed by atoms with E-state index < -0.39 is 0 Å². The Labute approximate surface area is 375 Å². The fourth-order valence-corrected chi connectivity index (χ4v) is 11.4. The third-order valence-electron chi connectivity index (χ3n) is 14.3. The monoisotopic (exact) mass is 831 g/mol. The zero-order chi connectivity index (χ0) is 42.6. The lowest BCUT2D eigenvalue weighted by Crippen LogP contribution is -2.31. The number of hydrogen-bond acceptors (Lipinski definition) is 2. The van der Waals surface area contributed by atoms with Gasteiger partial charge in [-0.15, -0.1) is 0 Å². The van der Waals surface area contributed by atoms with Crippen molar-refractivity contribution in [2.24, 2.45) is 0 Å². The molecule has 0 fully saturated rings. The smallest absolute Gasteiger partial charge is 0.139 e. The van der Waals surface area contributed by atoms with Crippen molar-refractivity contribution in [3.8, 4) is 33.7 Å². The van der Waals surface area contributed by atoms with Gasteiger partial charge in [-0.3, -0.25) is 0 Å². The number of furan rings is 1. The molecule has 0 radical (unpaired) electrons. The molecule has 3 heterocycles. The van der Waals surface area contributed by atoms with Gasteiger partial charge in [-0.05, 0) is 92.2 Å². The molecule has 306 valence electrons. The van der Waals surface area contributed by atoms with Crippen molar-refractivity contribution in [2.45, 2.75) is 24.4 Å². The molecule has 0 saturated heterocycles. The van der Waals surface area contributed by atoms with Gasteiger partial charge in [0.15, 0.2) is 0 Å². The van der Waals surface area contributed by atoms with Crippen LogP contribution in [0.2, 0.25) is 0 Å². The number of nitrogens with zero attached hydrogens (tertiary/aromatic N) is 1. The van der Waals surface area contributed by atoms with Crippen LogP contribution >= 0.6 is 0 Å². The maximum atomic E-state index is 6.70. The van der Waals surface area contributed by atoms with Crippen LogP contribution in [-0.2, 0) is 0 Å². The van der Waals surface area contributed by atoms with Crippen LogP contribution in [-0.4, -0.2) is 10.7 Å². The molecular weight excluding hydrogens is 791 g/mol. The fourth-order valence-electron chi connectivity index (χ4n) is 11.4. The highest BCUT2D eigenvalue weighted by Crippen LogP contribution is 2.47. The minimum absolute atomic E-state index is 0.0665. The Balaban J connectivity index is 0.944. The van der Waals surface area contributed by atoms with Crippen molar-refractivity contribution in [1.29, 1.82) is 0 Å². The number of para-hydroxylation sites is 3. The van der Waals surface area contributed by atoms with Gasteiger partial charge in [0.25, 0.3) is 0 Å². The Kier molecular flexibility index (Phi) is 7.93. The van der Waals surface area contributed by atoms with Gasteiger partial charge in [0, 0.05) is 60.9 Å². The first kappa shape index (κ1) is 36.4. The molecule has 3 heteroatoms. The molecule has 65 heavy (non-hydrogen) atoms. The number of fused-ring (bicyclic) bond motifs is 11. The second-order valence-electron chi connectivity index (χ2n) is 17.8. The predicted molar refractivity (Wildman–Crippen MR) is 269 cm³/mol. The SMILES string of the molecule is C1=CC2c3ccccc3OC2C(c2ccc3c(c2)c2c(n3-c3ccc(-c4c5ccccc5c(-c5ccccc5)c5ccccc45)cc3)=CCC(c3cccc4c3oc3ccccc34)C=2)=C1. The summed E-state index contributed by atoms with van der Waals surface area (Å²) in [6.07, 6.45) is 12.5. The summed E-state index contributed by atoms with van der Waals surface area (Å²) in [7, 11) is 0. The molecule has 3 aliphatic rings. The lowest BCUT2D eigenvalue weighted by Gasteiger charge is -2.23. The highest BCUT2D eigenvalue weighted by atomic mass is 16.5. The van der Waals surface area contributed by atoms with E-state index in [0.29, 0.717) is 0 Å². The summed E-state index contributed by atoms with van der Waals surface area (Å²) in [4.78, 5) is 0. The Morgan fingerprint density at radius 1 is 0.508 bits per heavy atom. The summed E-state index contributed by atoms with van der Waals surface area (Å²) in [5.74, 6) is 1.31. The van der Waals surface area contributed by atoms with Gasteiger partial charge in [0.2, 0.25) is 0 Å². The van der Waals surface area contributed by atoms with Crippen molar-refractivity contribution in [1.82, 2.24) is 4.57 Å². The summed E-state index contributed by atoms with van der Waals surface area (Å²) in [5.41, 5.74) is 14.1. The van der Waals surface area contributed by atoms with Gasteiger partial charge < -0.3 is 13.7 Å². The van der Waals surface area contributed by atoms with Crippen molar-refractivity contribution >= 4 is 72.1 Å². The van der Waals surface area contributed by atoms with E-state index in [1.165, 1.54) is 92.9 Å². The van der Waals surface area contributed by atoms with E-state index in [-0.39, 0.29) is 17.9 Å². The van der Waals surface area contributed by atoms with Crippen LogP contribution in [0.15, 0.2) is 211 Å². The average molecular weight is 832 g/mol. The van der Waals surface area contributed by atoms with Crippen LogP contribution < -0.4 is 15.3 Å².